The second kappa shape index (κ2) is 13.8. The monoisotopic (exact) mass is 762 g/mol. The van der Waals surface area contributed by atoms with Gasteiger partial charge < -0.3 is 44.1 Å². The Hall–Kier alpha value is -5.42. The van der Waals surface area contributed by atoms with Crippen LogP contribution in [0.5, 0.6) is 5.75 Å². The molecular formula is C37H39FN6O9S. The van der Waals surface area contributed by atoms with E-state index in [-0.39, 0.29) is 35.1 Å². The first kappa shape index (κ1) is 36.9. The molecule has 4 aliphatic rings. The molecule has 0 saturated carbocycles. The number of pyridine rings is 1. The first-order valence-corrected chi connectivity index (χ1v) is 18.2. The number of amides is 2. The number of aryl methyl sites for hydroxylation is 1. The van der Waals surface area contributed by atoms with E-state index >= 15 is 0 Å². The van der Waals surface area contributed by atoms with Crippen LogP contribution in [0.3, 0.4) is 0 Å². The zero-order chi connectivity index (χ0) is 38.8. The molecule has 0 spiro atoms. The number of fused-ring (bicyclic) bond motifs is 1. The molecule has 3 N–H and O–H groups in total. The van der Waals surface area contributed by atoms with E-state index in [0.717, 1.165) is 24.7 Å². The third kappa shape index (κ3) is 6.14. The normalized spacial score (nSPS) is 22.8. The molecule has 6 heterocycles. The van der Waals surface area contributed by atoms with Gasteiger partial charge in [0.05, 0.1) is 16.9 Å². The fourth-order valence-corrected chi connectivity index (χ4v) is 9.11. The van der Waals surface area contributed by atoms with Crippen molar-refractivity contribution in [1.29, 1.82) is 0 Å². The summed E-state index contributed by atoms with van der Waals surface area (Å²) in [4.78, 5) is 66.5. The molecule has 2 aromatic heterocycles. The molecule has 284 valence electrons. The van der Waals surface area contributed by atoms with Crippen LogP contribution in [0, 0.1) is 12.7 Å². The smallest absolute Gasteiger partial charge is 0.341 e. The number of hydrogen-bond acceptors (Lipinski definition) is 11. The van der Waals surface area contributed by atoms with E-state index < -0.39 is 51.3 Å². The van der Waals surface area contributed by atoms with Gasteiger partial charge in [0.15, 0.2) is 11.6 Å². The largest absolute Gasteiger partial charge is 0.487 e. The SMILES string of the molecule is CC1COc2c(N3CCN(C)CC3)c(F)cc3c(=O)c(C(=O)O)cn1c23.Cc1onc(-c2ccccc2)c1C(=O)N[C@@H]1C(=O)N2[C@@H]1SC(C)(C)[C@@H]2C(=O)O. The summed E-state index contributed by atoms with van der Waals surface area (Å²) in [5, 5.41) is 25.2. The number of carboxylic acids is 2. The second-order valence-electron chi connectivity index (χ2n) is 14.3. The number of halogens is 1. The Morgan fingerprint density at radius 1 is 1.07 bits per heavy atom. The highest BCUT2D eigenvalue weighted by Crippen LogP contribution is 2.51. The van der Waals surface area contributed by atoms with E-state index in [0.29, 0.717) is 41.5 Å². The summed E-state index contributed by atoms with van der Waals surface area (Å²) in [6.45, 7) is 10.3. The fourth-order valence-electron chi connectivity index (χ4n) is 7.48. The highest BCUT2D eigenvalue weighted by molar-refractivity contribution is 8.01. The lowest BCUT2D eigenvalue weighted by atomic mass is 9.95. The number of aliphatic carboxylic acids is 1. The number of aromatic nitrogens is 2. The van der Waals surface area contributed by atoms with Crippen molar-refractivity contribution in [3.63, 3.8) is 0 Å². The van der Waals surface area contributed by atoms with Crippen LogP contribution in [0.15, 0.2) is 51.9 Å². The molecule has 8 rings (SSSR count). The van der Waals surface area contributed by atoms with Crippen LogP contribution in [-0.4, -0.2) is 116 Å². The molecular weight excluding hydrogens is 724 g/mol. The predicted molar refractivity (Wildman–Crippen MR) is 197 cm³/mol. The van der Waals surface area contributed by atoms with Crippen LogP contribution in [0.25, 0.3) is 22.2 Å². The van der Waals surface area contributed by atoms with Gasteiger partial charge in [0, 0.05) is 42.7 Å². The fraction of sp³-hybridized carbons (Fsp3) is 0.405. The van der Waals surface area contributed by atoms with E-state index in [1.54, 1.807) is 25.3 Å². The molecule has 54 heavy (non-hydrogen) atoms. The van der Waals surface area contributed by atoms with Gasteiger partial charge >= 0.3 is 11.9 Å². The number of rotatable bonds is 6. The summed E-state index contributed by atoms with van der Waals surface area (Å²) in [7, 11) is 2.02. The summed E-state index contributed by atoms with van der Waals surface area (Å²) in [5.41, 5.74) is 1.18. The number of nitrogens with one attached hydrogen (secondary N) is 1. The standard InChI is InChI=1S/C19H19N3O5S.C18H20FN3O4/c1-9-11(12(21-27-9)10-7-5-4-6-8-10)15(23)20-13-16(24)22-14(18(25)26)19(2,3)28-17(13)22;1-10-9-26-17-14-11(16(23)12(18(24)25)8-22(10)14)7-13(19)15(17)21-5-3-20(2)4-6-21/h4-8,13-14,17H,1-3H3,(H,20,23)(H,25,26);7-8,10H,3-6,9H2,1-2H3,(H,24,25)/t13-,14+,17-;/m1./s1. The Kier molecular flexibility index (Phi) is 9.42. The van der Waals surface area contributed by atoms with Gasteiger partial charge in [-0.3, -0.25) is 14.4 Å². The van der Waals surface area contributed by atoms with Crippen LogP contribution < -0.4 is 20.4 Å². The summed E-state index contributed by atoms with van der Waals surface area (Å²) in [5.74, 6) is -3.09. The maximum atomic E-state index is 15.0. The second-order valence-corrected chi connectivity index (χ2v) is 16.1. The number of aromatic carboxylic acids is 1. The van der Waals surface area contributed by atoms with Crippen molar-refractivity contribution in [1.82, 2.24) is 24.8 Å². The number of nitrogens with zero attached hydrogens (tertiary/aromatic N) is 5. The van der Waals surface area contributed by atoms with Crippen LogP contribution in [-0.2, 0) is 9.59 Å². The zero-order valence-electron chi connectivity index (χ0n) is 30.2. The molecule has 0 radical (unpaired) electrons. The quantitative estimate of drug-likeness (QED) is 0.243. The lowest BCUT2D eigenvalue weighted by Gasteiger charge is -2.43. The molecule has 4 atom stereocenters. The average Bonchev–Trinajstić information content (AvgIpc) is 3.64. The predicted octanol–water partition coefficient (Wildman–Crippen LogP) is 3.44. The van der Waals surface area contributed by atoms with Crippen molar-refractivity contribution >= 4 is 52.1 Å². The zero-order valence-corrected chi connectivity index (χ0v) is 31.0. The molecule has 2 aromatic carbocycles. The molecule has 0 aliphatic carbocycles. The Morgan fingerprint density at radius 3 is 2.41 bits per heavy atom. The third-order valence-corrected chi connectivity index (χ3v) is 11.9. The van der Waals surface area contributed by atoms with Crippen molar-refractivity contribution < 1.29 is 43.0 Å². The molecule has 15 nitrogen and oxygen atoms in total. The highest BCUT2D eigenvalue weighted by atomic mass is 32.2. The lowest BCUT2D eigenvalue weighted by Crippen LogP contribution is -2.70. The number of carboxylic acid groups (broad SMARTS) is 2. The number of carbonyl (C=O) groups is 4. The number of anilines is 1. The minimum Gasteiger partial charge on any atom is -0.487 e. The summed E-state index contributed by atoms with van der Waals surface area (Å²) in [6.07, 6.45) is 1.34. The maximum absolute atomic E-state index is 15.0. The van der Waals surface area contributed by atoms with E-state index in [4.69, 9.17) is 9.26 Å². The lowest BCUT2D eigenvalue weighted by molar-refractivity contribution is -0.159. The van der Waals surface area contributed by atoms with Gasteiger partial charge in [-0.15, -0.1) is 11.8 Å². The number of benzene rings is 2. The number of hydrogen-bond donors (Lipinski definition) is 3. The topological polar surface area (TPSA) is 188 Å². The van der Waals surface area contributed by atoms with Gasteiger partial charge in [-0.1, -0.05) is 35.5 Å². The number of ether oxygens (including phenoxy) is 1. The van der Waals surface area contributed by atoms with Crippen LogP contribution in [0.4, 0.5) is 10.1 Å². The molecule has 3 fully saturated rings. The van der Waals surface area contributed by atoms with Crippen LogP contribution >= 0.6 is 11.8 Å². The molecule has 2 amide bonds. The molecule has 4 aliphatic heterocycles. The third-order valence-electron chi connectivity index (χ3n) is 10.3. The Morgan fingerprint density at radius 2 is 1.76 bits per heavy atom. The van der Waals surface area contributed by atoms with E-state index in [9.17, 15) is 38.6 Å². The summed E-state index contributed by atoms with van der Waals surface area (Å²) in [6, 6.07) is 8.45. The Bertz CT molecular complexity index is 2250. The Labute approximate surface area is 312 Å². The van der Waals surface area contributed by atoms with Crippen molar-refractivity contribution in [2.75, 3.05) is 44.7 Å². The van der Waals surface area contributed by atoms with Gasteiger partial charge in [0.2, 0.25) is 11.3 Å². The number of thioether (sulfide) groups is 1. The molecule has 1 unspecified atom stereocenters. The maximum Gasteiger partial charge on any atom is 0.341 e. The van der Waals surface area contributed by atoms with Crippen LogP contribution in [0.2, 0.25) is 0 Å². The minimum absolute atomic E-state index is 0.0434. The van der Waals surface area contributed by atoms with Crippen molar-refractivity contribution in [2.45, 2.75) is 55.9 Å². The van der Waals surface area contributed by atoms with Crippen LogP contribution in [0.1, 0.15) is 53.3 Å². The average molecular weight is 763 g/mol. The van der Waals surface area contributed by atoms with Crippen molar-refractivity contribution in [2.24, 2.45) is 0 Å². The molecule has 17 heteroatoms. The molecule has 4 aromatic rings. The van der Waals surface area contributed by atoms with Gasteiger partial charge in [0.25, 0.3) is 5.91 Å². The highest BCUT2D eigenvalue weighted by Gasteiger charge is 2.64. The van der Waals surface area contributed by atoms with Crippen molar-refractivity contribution in [3.8, 4) is 17.0 Å². The number of carbonyl (C=O) groups excluding carboxylic acids is 2. The van der Waals surface area contributed by atoms with Gasteiger partial charge in [0.1, 0.15) is 52.3 Å². The van der Waals surface area contributed by atoms with Gasteiger partial charge in [-0.2, -0.15) is 0 Å². The summed E-state index contributed by atoms with van der Waals surface area (Å²) < 4.78 is 27.1. The first-order chi connectivity index (χ1) is 25.6. The van der Waals surface area contributed by atoms with Gasteiger partial charge in [-0.05, 0) is 40.8 Å². The minimum atomic E-state index is -1.32. The van der Waals surface area contributed by atoms with Gasteiger partial charge in [-0.25, -0.2) is 14.0 Å². The summed E-state index contributed by atoms with van der Waals surface area (Å²) >= 11 is 1.38. The number of likely N-dealkylation sites (N-methyl/N-ethyl adjacent to an activating group) is 1. The van der Waals surface area contributed by atoms with E-state index in [1.807, 2.05) is 49.2 Å². The Balaban J connectivity index is 0.000000167. The first-order valence-electron chi connectivity index (χ1n) is 17.4. The van der Waals surface area contributed by atoms with Crippen molar-refractivity contribution in [3.05, 3.63) is 75.5 Å². The molecule has 3 saturated heterocycles. The molecule has 0 bridgehead atoms. The number of piperazine rings is 1. The van der Waals surface area contributed by atoms with E-state index in [2.05, 4.69) is 15.4 Å². The van der Waals surface area contributed by atoms with E-state index in [1.165, 1.54) is 22.9 Å². The number of β-lactam (4-membered cyclic amide) rings is 1.